The van der Waals surface area contributed by atoms with Crippen LogP contribution in [0.15, 0.2) is 35.9 Å². The van der Waals surface area contributed by atoms with Crippen LogP contribution in [0.25, 0.3) is 0 Å². The minimum Gasteiger partial charge on any atom is -0.289 e. The van der Waals surface area contributed by atoms with Gasteiger partial charge in [-0.15, -0.1) is 0 Å². The third kappa shape index (κ3) is 1.63. The number of benzene rings is 1. The van der Waals surface area contributed by atoms with Crippen LogP contribution in [0.3, 0.4) is 0 Å². The topological polar surface area (TPSA) is 34.1 Å². The fraction of sp³-hybridized carbons (Fsp3) is 0.231. The summed E-state index contributed by atoms with van der Waals surface area (Å²) in [4.78, 5) is 23.6. The van der Waals surface area contributed by atoms with Gasteiger partial charge in [-0.2, -0.15) is 0 Å². The van der Waals surface area contributed by atoms with E-state index >= 15 is 0 Å². The SMILES string of the molecule is CCCC1=CC(=O)c2ccccc2C1=O. The minimum absolute atomic E-state index is 0.00653. The highest BCUT2D eigenvalue weighted by Crippen LogP contribution is 2.23. The number of hydrogen-bond acceptors (Lipinski definition) is 2. The highest BCUT2D eigenvalue weighted by Gasteiger charge is 2.23. The maximum Gasteiger partial charge on any atom is 0.189 e. The summed E-state index contributed by atoms with van der Waals surface area (Å²) in [6, 6.07) is 6.99. The lowest BCUT2D eigenvalue weighted by Gasteiger charge is -2.13. The van der Waals surface area contributed by atoms with Crippen molar-refractivity contribution in [1.29, 1.82) is 0 Å². The highest BCUT2D eigenvalue weighted by atomic mass is 16.1. The van der Waals surface area contributed by atoms with Gasteiger partial charge in [0.25, 0.3) is 0 Å². The van der Waals surface area contributed by atoms with Gasteiger partial charge in [-0.1, -0.05) is 37.6 Å². The molecule has 0 saturated heterocycles. The number of rotatable bonds is 2. The normalized spacial score (nSPS) is 14.9. The summed E-state index contributed by atoms with van der Waals surface area (Å²) in [7, 11) is 0. The van der Waals surface area contributed by atoms with E-state index in [2.05, 4.69) is 0 Å². The third-order valence-corrected chi connectivity index (χ3v) is 2.55. The quantitative estimate of drug-likeness (QED) is 0.735. The van der Waals surface area contributed by atoms with E-state index in [1.165, 1.54) is 6.08 Å². The van der Waals surface area contributed by atoms with Crippen molar-refractivity contribution in [2.45, 2.75) is 19.8 Å². The first kappa shape index (κ1) is 9.84. The fourth-order valence-corrected chi connectivity index (χ4v) is 1.83. The number of carbonyl (C=O) groups excluding carboxylic acids is 2. The zero-order chi connectivity index (χ0) is 10.8. The average Bonchev–Trinajstić information content (AvgIpc) is 2.26. The van der Waals surface area contributed by atoms with Crippen LogP contribution in [-0.4, -0.2) is 11.6 Å². The first-order valence-electron chi connectivity index (χ1n) is 5.12. The van der Waals surface area contributed by atoms with Crippen molar-refractivity contribution < 1.29 is 9.59 Å². The molecule has 0 aromatic heterocycles. The van der Waals surface area contributed by atoms with Gasteiger partial charge in [0.15, 0.2) is 11.6 Å². The molecule has 1 aliphatic rings. The molecule has 15 heavy (non-hydrogen) atoms. The van der Waals surface area contributed by atoms with Crippen LogP contribution in [0.4, 0.5) is 0 Å². The predicted molar refractivity (Wildman–Crippen MR) is 58.1 cm³/mol. The average molecular weight is 200 g/mol. The van der Waals surface area contributed by atoms with Crippen LogP contribution in [-0.2, 0) is 0 Å². The van der Waals surface area contributed by atoms with Crippen LogP contribution < -0.4 is 0 Å². The van der Waals surface area contributed by atoms with E-state index in [4.69, 9.17) is 0 Å². The lowest BCUT2D eigenvalue weighted by molar-refractivity contribution is 0.0981. The Hall–Kier alpha value is -1.70. The number of carbonyl (C=O) groups is 2. The van der Waals surface area contributed by atoms with Crippen LogP contribution in [0.1, 0.15) is 40.5 Å². The summed E-state index contributed by atoms with van der Waals surface area (Å²) >= 11 is 0. The Morgan fingerprint density at radius 2 is 1.73 bits per heavy atom. The fourth-order valence-electron chi connectivity index (χ4n) is 1.83. The van der Waals surface area contributed by atoms with Crippen molar-refractivity contribution in [2.24, 2.45) is 0 Å². The van der Waals surface area contributed by atoms with Gasteiger partial charge in [0.05, 0.1) is 0 Å². The molecule has 0 amide bonds. The molecule has 2 nitrogen and oxygen atoms in total. The van der Waals surface area contributed by atoms with Crippen LogP contribution in [0.2, 0.25) is 0 Å². The molecule has 0 saturated carbocycles. The third-order valence-electron chi connectivity index (χ3n) is 2.55. The van der Waals surface area contributed by atoms with Gasteiger partial charge in [0.1, 0.15) is 0 Å². The van der Waals surface area contributed by atoms with Crippen LogP contribution in [0, 0.1) is 0 Å². The molecule has 0 aliphatic heterocycles. The number of Topliss-reactive ketones (excluding diaryl/α,β-unsaturated/α-hetero) is 1. The van der Waals surface area contributed by atoms with Crippen molar-refractivity contribution in [3.8, 4) is 0 Å². The van der Waals surface area contributed by atoms with Gasteiger partial charge >= 0.3 is 0 Å². The smallest absolute Gasteiger partial charge is 0.189 e. The van der Waals surface area contributed by atoms with Gasteiger partial charge in [-0.05, 0) is 12.5 Å². The molecule has 0 heterocycles. The Morgan fingerprint density at radius 1 is 1.07 bits per heavy atom. The number of hydrogen-bond donors (Lipinski definition) is 0. The van der Waals surface area contributed by atoms with E-state index in [0.717, 1.165) is 6.42 Å². The summed E-state index contributed by atoms with van der Waals surface area (Å²) in [6.07, 6.45) is 3.04. The number of fused-ring (bicyclic) bond motifs is 1. The Bertz CT molecular complexity index is 455. The maximum absolute atomic E-state index is 11.9. The molecule has 1 aliphatic carbocycles. The maximum atomic E-state index is 11.9. The van der Waals surface area contributed by atoms with Crippen molar-refractivity contribution in [3.05, 3.63) is 47.0 Å². The monoisotopic (exact) mass is 200 g/mol. The molecule has 0 atom stereocenters. The molecule has 1 aromatic carbocycles. The summed E-state index contributed by atoms with van der Waals surface area (Å²) in [6.45, 7) is 2.00. The van der Waals surface area contributed by atoms with Gasteiger partial charge < -0.3 is 0 Å². The zero-order valence-electron chi connectivity index (χ0n) is 8.62. The summed E-state index contributed by atoms with van der Waals surface area (Å²) < 4.78 is 0. The number of ketones is 2. The largest absolute Gasteiger partial charge is 0.289 e. The van der Waals surface area contributed by atoms with E-state index in [0.29, 0.717) is 23.1 Å². The van der Waals surface area contributed by atoms with E-state index in [1.807, 2.05) is 6.92 Å². The Morgan fingerprint density at radius 3 is 2.40 bits per heavy atom. The van der Waals surface area contributed by atoms with Gasteiger partial charge in [0, 0.05) is 16.7 Å². The molecule has 2 rings (SSSR count). The van der Waals surface area contributed by atoms with Crippen LogP contribution in [0.5, 0.6) is 0 Å². The lowest BCUT2D eigenvalue weighted by Crippen LogP contribution is -2.16. The van der Waals surface area contributed by atoms with Crippen molar-refractivity contribution in [2.75, 3.05) is 0 Å². The molecule has 1 aromatic rings. The van der Waals surface area contributed by atoms with Crippen molar-refractivity contribution in [3.63, 3.8) is 0 Å². The standard InChI is InChI=1S/C13H12O2/c1-2-5-9-8-12(14)10-6-3-4-7-11(10)13(9)15/h3-4,6-8H,2,5H2,1H3. The van der Waals surface area contributed by atoms with Crippen molar-refractivity contribution >= 4 is 11.6 Å². The second-order valence-corrected chi connectivity index (χ2v) is 3.66. The Balaban J connectivity index is 2.49. The van der Waals surface area contributed by atoms with Gasteiger partial charge in [-0.25, -0.2) is 0 Å². The highest BCUT2D eigenvalue weighted by molar-refractivity contribution is 6.24. The molecule has 2 heteroatoms. The van der Waals surface area contributed by atoms with E-state index < -0.39 is 0 Å². The first-order valence-corrected chi connectivity index (χ1v) is 5.12. The predicted octanol–water partition coefficient (Wildman–Crippen LogP) is 2.79. The molecule has 0 bridgehead atoms. The first-order chi connectivity index (χ1) is 7.24. The molecule has 0 N–H and O–H groups in total. The van der Waals surface area contributed by atoms with Gasteiger partial charge in [0.2, 0.25) is 0 Å². The summed E-state index contributed by atoms with van der Waals surface area (Å²) in [5, 5.41) is 0. The van der Waals surface area contributed by atoms with Crippen LogP contribution >= 0.6 is 0 Å². The second kappa shape index (κ2) is 3.81. The van der Waals surface area contributed by atoms with Gasteiger partial charge in [-0.3, -0.25) is 9.59 Å². The van der Waals surface area contributed by atoms with E-state index in [1.54, 1.807) is 24.3 Å². The lowest BCUT2D eigenvalue weighted by atomic mass is 9.88. The molecular weight excluding hydrogens is 188 g/mol. The minimum atomic E-state index is -0.0475. The Labute approximate surface area is 88.6 Å². The molecule has 0 unspecified atom stereocenters. The van der Waals surface area contributed by atoms with Crippen molar-refractivity contribution in [1.82, 2.24) is 0 Å². The second-order valence-electron chi connectivity index (χ2n) is 3.66. The molecule has 0 fully saturated rings. The molecular formula is C13H12O2. The Kier molecular flexibility index (Phi) is 2.50. The van der Waals surface area contributed by atoms with E-state index in [9.17, 15) is 9.59 Å². The molecule has 0 radical (unpaired) electrons. The zero-order valence-corrected chi connectivity index (χ0v) is 8.62. The molecule has 76 valence electrons. The van der Waals surface area contributed by atoms with E-state index in [-0.39, 0.29) is 11.6 Å². The molecule has 0 spiro atoms. The summed E-state index contributed by atoms with van der Waals surface area (Å²) in [5.41, 5.74) is 1.72. The summed E-state index contributed by atoms with van der Waals surface area (Å²) in [5.74, 6) is -0.0410. The number of allylic oxidation sites excluding steroid dienone is 2.